The Labute approximate surface area is 117 Å². The van der Waals surface area contributed by atoms with Gasteiger partial charge in [0.15, 0.2) is 0 Å². The summed E-state index contributed by atoms with van der Waals surface area (Å²) in [6.45, 7) is 0.166. The number of urea groups is 1. The number of aliphatic hydroxyl groups excluding tert-OH is 1. The molecule has 0 aromatic carbocycles. The highest BCUT2D eigenvalue weighted by molar-refractivity contribution is 5.82. The molecule has 20 heavy (non-hydrogen) atoms. The van der Waals surface area contributed by atoms with Crippen molar-refractivity contribution >= 4 is 12.0 Å². The molecule has 3 N–H and O–H groups in total. The van der Waals surface area contributed by atoms with E-state index in [2.05, 4.69) is 10.3 Å². The van der Waals surface area contributed by atoms with Crippen LogP contribution >= 0.6 is 0 Å². The fraction of sp³-hybridized carbons (Fsp3) is 0.462. The lowest BCUT2D eigenvalue weighted by molar-refractivity contribution is -0.139. The predicted molar refractivity (Wildman–Crippen MR) is 72.2 cm³/mol. The molecule has 0 bridgehead atoms. The average molecular weight is 281 g/mol. The number of carboxylic acids is 1. The van der Waals surface area contributed by atoms with Crippen molar-refractivity contribution in [1.29, 1.82) is 0 Å². The zero-order valence-corrected chi connectivity index (χ0v) is 11.3. The summed E-state index contributed by atoms with van der Waals surface area (Å²) >= 11 is 0. The van der Waals surface area contributed by atoms with Crippen LogP contribution in [-0.2, 0) is 11.2 Å². The molecule has 1 unspecified atom stereocenters. The number of likely N-dealkylation sites (N-methyl/N-ethyl adjacent to an activating group) is 1. The van der Waals surface area contributed by atoms with E-state index in [0.717, 1.165) is 5.56 Å². The maximum Gasteiger partial charge on any atom is 0.326 e. The van der Waals surface area contributed by atoms with Gasteiger partial charge in [-0.05, 0) is 24.1 Å². The van der Waals surface area contributed by atoms with E-state index in [4.69, 9.17) is 10.2 Å². The van der Waals surface area contributed by atoms with Crippen LogP contribution in [0.5, 0.6) is 0 Å². The zero-order chi connectivity index (χ0) is 15.0. The van der Waals surface area contributed by atoms with Crippen molar-refractivity contribution in [2.45, 2.75) is 18.9 Å². The topological polar surface area (TPSA) is 103 Å². The molecule has 7 heteroatoms. The molecule has 1 aromatic heterocycles. The quantitative estimate of drug-likeness (QED) is 0.658. The van der Waals surface area contributed by atoms with Crippen LogP contribution in [-0.4, -0.2) is 58.3 Å². The highest BCUT2D eigenvalue weighted by atomic mass is 16.4. The van der Waals surface area contributed by atoms with Crippen molar-refractivity contribution in [3.8, 4) is 0 Å². The van der Waals surface area contributed by atoms with Gasteiger partial charge in [0.2, 0.25) is 0 Å². The van der Waals surface area contributed by atoms with Crippen LogP contribution in [0.2, 0.25) is 0 Å². The summed E-state index contributed by atoms with van der Waals surface area (Å²) in [5, 5.41) is 20.0. The van der Waals surface area contributed by atoms with E-state index in [9.17, 15) is 9.59 Å². The minimum absolute atomic E-state index is 0.0146. The predicted octanol–water partition coefficient (Wildman–Crippen LogP) is 0.101. The van der Waals surface area contributed by atoms with Gasteiger partial charge in [-0.25, -0.2) is 9.59 Å². The first kappa shape index (κ1) is 15.9. The van der Waals surface area contributed by atoms with Crippen molar-refractivity contribution in [3.63, 3.8) is 0 Å². The number of carbonyl (C=O) groups excluding carboxylic acids is 1. The Kier molecular flexibility index (Phi) is 6.45. The molecule has 110 valence electrons. The van der Waals surface area contributed by atoms with Crippen LogP contribution in [0.1, 0.15) is 12.0 Å². The molecule has 0 saturated carbocycles. The Bertz CT molecular complexity index is 439. The number of nitrogens with zero attached hydrogens (tertiary/aromatic N) is 2. The van der Waals surface area contributed by atoms with Gasteiger partial charge in [-0.15, -0.1) is 0 Å². The van der Waals surface area contributed by atoms with Crippen LogP contribution in [0.25, 0.3) is 0 Å². The van der Waals surface area contributed by atoms with E-state index in [-0.39, 0.29) is 13.0 Å². The number of aliphatic carboxylic acids is 1. The number of hydrogen-bond donors (Lipinski definition) is 3. The van der Waals surface area contributed by atoms with Crippen molar-refractivity contribution in [1.82, 2.24) is 15.2 Å². The maximum atomic E-state index is 11.8. The van der Waals surface area contributed by atoms with Gasteiger partial charge >= 0.3 is 12.0 Å². The standard InChI is InChI=1S/C13H19N3O4/c1-16(8-4-10-2-6-14-7-3-10)13(20)15-11(5-9-17)12(18)19/h2-3,6-7,11,17H,4-5,8-9H2,1H3,(H,15,20)(H,18,19). The first-order chi connectivity index (χ1) is 9.54. The van der Waals surface area contributed by atoms with E-state index in [0.29, 0.717) is 13.0 Å². The highest BCUT2D eigenvalue weighted by Crippen LogP contribution is 2.00. The Morgan fingerprint density at radius 1 is 1.40 bits per heavy atom. The summed E-state index contributed by atoms with van der Waals surface area (Å²) in [5.74, 6) is -1.16. The van der Waals surface area contributed by atoms with Gasteiger partial charge in [0.05, 0.1) is 0 Å². The van der Waals surface area contributed by atoms with E-state index in [1.54, 1.807) is 19.4 Å². The molecule has 1 aromatic rings. The Balaban J connectivity index is 2.44. The van der Waals surface area contributed by atoms with Gasteiger partial charge in [-0.2, -0.15) is 0 Å². The maximum absolute atomic E-state index is 11.8. The van der Waals surface area contributed by atoms with Gasteiger partial charge in [-0.3, -0.25) is 4.98 Å². The van der Waals surface area contributed by atoms with Gasteiger partial charge in [0.1, 0.15) is 6.04 Å². The lowest BCUT2D eigenvalue weighted by Gasteiger charge is -2.21. The third-order valence-corrected chi connectivity index (χ3v) is 2.85. The molecule has 0 saturated heterocycles. The van der Waals surface area contributed by atoms with Crippen molar-refractivity contribution < 1.29 is 19.8 Å². The molecule has 2 amide bonds. The number of nitrogens with one attached hydrogen (secondary N) is 1. The third-order valence-electron chi connectivity index (χ3n) is 2.85. The second-order valence-corrected chi connectivity index (χ2v) is 4.38. The van der Waals surface area contributed by atoms with Crippen LogP contribution in [0, 0.1) is 0 Å². The average Bonchev–Trinajstić information content (AvgIpc) is 2.45. The summed E-state index contributed by atoms with van der Waals surface area (Å²) in [6.07, 6.45) is 4.00. The summed E-state index contributed by atoms with van der Waals surface area (Å²) in [5.41, 5.74) is 1.05. The number of pyridine rings is 1. The summed E-state index contributed by atoms with van der Waals surface area (Å²) in [7, 11) is 1.59. The smallest absolute Gasteiger partial charge is 0.326 e. The number of aliphatic hydroxyl groups is 1. The second-order valence-electron chi connectivity index (χ2n) is 4.38. The highest BCUT2D eigenvalue weighted by Gasteiger charge is 2.20. The molecule has 1 atom stereocenters. The minimum atomic E-state index is -1.16. The lowest BCUT2D eigenvalue weighted by Crippen LogP contribution is -2.47. The molecular weight excluding hydrogens is 262 g/mol. The second kappa shape index (κ2) is 8.11. The van der Waals surface area contributed by atoms with Gasteiger partial charge in [0, 0.05) is 39.0 Å². The molecule has 0 aliphatic rings. The van der Waals surface area contributed by atoms with E-state index in [1.165, 1.54) is 4.90 Å². The minimum Gasteiger partial charge on any atom is -0.480 e. The largest absolute Gasteiger partial charge is 0.480 e. The number of aromatic nitrogens is 1. The molecule has 0 aliphatic heterocycles. The molecule has 0 radical (unpaired) electrons. The number of rotatable bonds is 7. The monoisotopic (exact) mass is 281 g/mol. The van der Waals surface area contributed by atoms with E-state index in [1.807, 2.05) is 12.1 Å². The molecular formula is C13H19N3O4. The van der Waals surface area contributed by atoms with Crippen molar-refractivity contribution in [2.24, 2.45) is 0 Å². The number of amides is 2. The van der Waals surface area contributed by atoms with Crippen molar-refractivity contribution in [3.05, 3.63) is 30.1 Å². The van der Waals surface area contributed by atoms with Gasteiger partial charge in [-0.1, -0.05) is 0 Å². The summed E-state index contributed by atoms with van der Waals surface area (Å²) in [6, 6.07) is 2.17. The Morgan fingerprint density at radius 3 is 2.60 bits per heavy atom. The molecule has 1 rings (SSSR count). The molecule has 1 heterocycles. The lowest BCUT2D eigenvalue weighted by atomic mass is 10.2. The first-order valence-electron chi connectivity index (χ1n) is 6.28. The molecule has 0 aliphatic carbocycles. The van der Waals surface area contributed by atoms with E-state index < -0.39 is 18.0 Å². The number of hydrogen-bond acceptors (Lipinski definition) is 4. The summed E-state index contributed by atoms with van der Waals surface area (Å²) < 4.78 is 0. The molecule has 0 fully saturated rings. The van der Waals surface area contributed by atoms with Crippen LogP contribution in [0.4, 0.5) is 4.79 Å². The van der Waals surface area contributed by atoms with E-state index >= 15 is 0 Å². The normalized spacial score (nSPS) is 11.7. The van der Waals surface area contributed by atoms with Crippen LogP contribution in [0.15, 0.2) is 24.5 Å². The van der Waals surface area contributed by atoms with Gasteiger partial charge in [0.25, 0.3) is 0 Å². The fourth-order valence-corrected chi connectivity index (χ4v) is 1.59. The Hall–Kier alpha value is -2.15. The molecule has 7 nitrogen and oxygen atoms in total. The Morgan fingerprint density at radius 2 is 2.05 bits per heavy atom. The van der Waals surface area contributed by atoms with Crippen LogP contribution < -0.4 is 5.32 Å². The zero-order valence-electron chi connectivity index (χ0n) is 11.3. The summed E-state index contributed by atoms with van der Waals surface area (Å²) in [4.78, 5) is 28.0. The number of carbonyl (C=O) groups is 2. The van der Waals surface area contributed by atoms with Crippen molar-refractivity contribution in [2.75, 3.05) is 20.2 Å². The molecule has 0 spiro atoms. The number of carboxylic acid groups (broad SMARTS) is 1. The third kappa shape index (κ3) is 5.23. The fourth-order valence-electron chi connectivity index (χ4n) is 1.59. The van der Waals surface area contributed by atoms with Gasteiger partial charge < -0.3 is 20.4 Å². The SMILES string of the molecule is CN(CCc1ccncc1)C(=O)NC(CCO)C(=O)O. The first-order valence-corrected chi connectivity index (χ1v) is 6.28. The van der Waals surface area contributed by atoms with Crippen LogP contribution in [0.3, 0.4) is 0 Å².